The number of carbonyl (C=O) groups is 1. The molecule has 0 aliphatic heterocycles. The summed E-state index contributed by atoms with van der Waals surface area (Å²) >= 11 is 12.3. The van der Waals surface area contributed by atoms with Crippen molar-refractivity contribution in [3.8, 4) is 0 Å². The number of methoxy groups -OCH3 is 1. The Kier molecular flexibility index (Phi) is 5.55. The molecule has 2 aromatic carbocycles. The van der Waals surface area contributed by atoms with E-state index in [1.165, 1.54) is 13.4 Å². The Morgan fingerprint density at radius 1 is 0.923 bits per heavy atom. The maximum atomic E-state index is 11.7. The summed E-state index contributed by atoms with van der Waals surface area (Å²) in [5, 5.41) is 7.21. The lowest BCUT2D eigenvalue weighted by atomic mass is 10.2. The van der Waals surface area contributed by atoms with Crippen LogP contribution in [-0.4, -0.2) is 23.0 Å². The van der Waals surface area contributed by atoms with E-state index in [9.17, 15) is 4.79 Å². The Hall–Kier alpha value is -2.83. The van der Waals surface area contributed by atoms with E-state index in [2.05, 4.69) is 20.6 Å². The first-order valence-corrected chi connectivity index (χ1v) is 8.31. The lowest BCUT2D eigenvalue weighted by Crippen LogP contribution is -2.03. The lowest BCUT2D eigenvalue weighted by Gasteiger charge is -2.11. The molecule has 1 aromatic heterocycles. The fourth-order valence-corrected chi connectivity index (χ4v) is 2.55. The zero-order valence-electron chi connectivity index (χ0n) is 13.7. The molecule has 0 aliphatic rings. The third-order valence-electron chi connectivity index (χ3n) is 3.45. The van der Waals surface area contributed by atoms with Crippen molar-refractivity contribution in [3.05, 3.63) is 70.5 Å². The van der Waals surface area contributed by atoms with Gasteiger partial charge in [-0.1, -0.05) is 35.3 Å². The number of ether oxygens (including phenoxy) is 1. The van der Waals surface area contributed by atoms with Crippen LogP contribution in [0.5, 0.6) is 0 Å². The molecule has 6 nitrogen and oxygen atoms in total. The van der Waals surface area contributed by atoms with Crippen LogP contribution in [0, 0.1) is 0 Å². The van der Waals surface area contributed by atoms with E-state index in [1.807, 2.05) is 18.2 Å². The van der Waals surface area contributed by atoms with Crippen LogP contribution in [0.4, 0.5) is 23.0 Å². The molecule has 0 atom stereocenters. The van der Waals surface area contributed by atoms with E-state index in [1.54, 1.807) is 30.3 Å². The van der Waals surface area contributed by atoms with E-state index < -0.39 is 5.97 Å². The summed E-state index contributed by atoms with van der Waals surface area (Å²) in [5.41, 5.74) is 1.63. The smallest absolute Gasteiger partial charge is 0.337 e. The predicted octanol–water partition coefficient (Wildman–Crippen LogP) is 5.06. The Labute approximate surface area is 160 Å². The Morgan fingerprint density at radius 2 is 1.58 bits per heavy atom. The Bertz CT molecular complexity index is 950. The van der Waals surface area contributed by atoms with Crippen LogP contribution in [0.1, 0.15) is 10.4 Å². The van der Waals surface area contributed by atoms with Gasteiger partial charge in [-0.25, -0.2) is 14.8 Å². The van der Waals surface area contributed by atoms with Crippen molar-refractivity contribution in [2.75, 3.05) is 17.7 Å². The summed E-state index contributed by atoms with van der Waals surface area (Å²) in [6.07, 6.45) is 1.40. The van der Waals surface area contributed by atoms with Crippen LogP contribution in [0.25, 0.3) is 0 Å². The summed E-state index contributed by atoms with van der Waals surface area (Å²) in [6, 6.07) is 13.8. The van der Waals surface area contributed by atoms with Crippen LogP contribution in [0.2, 0.25) is 10.0 Å². The van der Waals surface area contributed by atoms with Crippen molar-refractivity contribution in [3.63, 3.8) is 0 Å². The summed E-state index contributed by atoms with van der Waals surface area (Å²) in [4.78, 5) is 20.0. The van der Waals surface area contributed by atoms with Crippen molar-refractivity contribution in [1.29, 1.82) is 0 Å². The largest absolute Gasteiger partial charge is 0.465 e. The highest BCUT2D eigenvalue weighted by Gasteiger charge is 2.10. The third-order valence-corrected chi connectivity index (χ3v) is 4.11. The van der Waals surface area contributed by atoms with Crippen LogP contribution >= 0.6 is 23.2 Å². The first-order chi connectivity index (χ1) is 12.6. The molecule has 8 heteroatoms. The zero-order chi connectivity index (χ0) is 18.5. The van der Waals surface area contributed by atoms with Gasteiger partial charge in [0.25, 0.3) is 0 Å². The SMILES string of the molecule is COC(=O)c1ccc(Cl)c(Nc2cc(Nc3ccccc3Cl)ncn2)c1. The molecule has 0 fully saturated rings. The normalized spacial score (nSPS) is 10.3. The van der Waals surface area contributed by atoms with Crippen molar-refractivity contribution in [2.24, 2.45) is 0 Å². The second-order valence-corrected chi connectivity index (χ2v) is 6.02. The quantitative estimate of drug-likeness (QED) is 0.595. The number of hydrogen-bond acceptors (Lipinski definition) is 6. The summed E-state index contributed by atoms with van der Waals surface area (Å²) in [7, 11) is 1.32. The van der Waals surface area contributed by atoms with E-state index in [0.29, 0.717) is 32.9 Å². The van der Waals surface area contributed by atoms with Crippen molar-refractivity contribution in [1.82, 2.24) is 9.97 Å². The van der Waals surface area contributed by atoms with Gasteiger partial charge in [0.2, 0.25) is 0 Å². The molecule has 0 spiro atoms. The number of benzene rings is 2. The summed E-state index contributed by atoms with van der Waals surface area (Å²) < 4.78 is 4.72. The van der Waals surface area contributed by atoms with Gasteiger partial charge >= 0.3 is 5.97 Å². The van der Waals surface area contributed by atoms with Crippen LogP contribution in [-0.2, 0) is 4.74 Å². The second kappa shape index (κ2) is 8.03. The van der Waals surface area contributed by atoms with E-state index in [-0.39, 0.29) is 0 Å². The summed E-state index contributed by atoms with van der Waals surface area (Å²) in [6.45, 7) is 0. The highest BCUT2D eigenvalue weighted by atomic mass is 35.5. The van der Waals surface area contributed by atoms with Gasteiger partial charge in [0.05, 0.1) is 34.1 Å². The van der Waals surface area contributed by atoms with Crippen LogP contribution in [0.15, 0.2) is 54.9 Å². The molecule has 1 heterocycles. The second-order valence-electron chi connectivity index (χ2n) is 5.20. The number of aromatic nitrogens is 2. The molecular formula is C18H14Cl2N4O2. The molecule has 3 rings (SSSR count). The number of halogens is 2. The van der Waals surface area contributed by atoms with Crippen molar-refractivity contribution < 1.29 is 9.53 Å². The van der Waals surface area contributed by atoms with Crippen LogP contribution in [0.3, 0.4) is 0 Å². The van der Waals surface area contributed by atoms with Gasteiger partial charge in [-0.15, -0.1) is 0 Å². The first kappa shape index (κ1) is 18.0. The Balaban J connectivity index is 1.83. The average Bonchev–Trinajstić information content (AvgIpc) is 2.65. The molecule has 26 heavy (non-hydrogen) atoms. The standard InChI is InChI=1S/C18H14Cl2N4O2/c1-26-18(25)11-6-7-13(20)15(8-11)24-17-9-16(21-10-22-17)23-14-5-3-2-4-12(14)19/h2-10H,1H3,(H2,21,22,23,24). The minimum atomic E-state index is -0.450. The van der Waals surface area contributed by atoms with Gasteiger partial charge in [-0.3, -0.25) is 0 Å². The molecule has 0 unspecified atom stereocenters. The van der Waals surface area contributed by atoms with Gasteiger partial charge in [-0.2, -0.15) is 0 Å². The minimum Gasteiger partial charge on any atom is -0.465 e. The molecule has 0 saturated heterocycles. The number of hydrogen-bond donors (Lipinski definition) is 2. The van der Waals surface area contributed by atoms with Gasteiger partial charge in [0.15, 0.2) is 0 Å². The topological polar surface area (TPSA) is 76.1 Å². The van der Waals surface area contributed by atoms with Gasteiger partial charge in [0.1, 0.15) is 18.0 Å². The van der Waals surface area contributed by atoms with Gasteiger partial charge in [-0.05, 0) is 30.3 Å². The fourth-order valence-electron chi connectivity index (χ4n) is 2.20. The summed E-state index contributed by atoms with van der Waals surface area (Å²) in [5.74, 6) is 0.600. The number of nitrogens with zero attached hydrogens (tertiary/aromatic N) is 2. The number of nitrogens with one attached hydrogen (secondary N) is 2. The molecule has 0 bridgehead atoms. The van der Waals surface area contributed by atoms with E-state index >= 15 is 0 Å². The van der Waals surface area contributed by atoms with Gasteiger partial charge in [0, 0.05) is 6.07 Å². The molecule has 0 aliphatic carbocycles. The molecule has 2 N–H and O–H groups in total. The maximum absolute atomic E-state index is 11.7. The minimum absolute atomic E-state index is 0.378. The van der Waals surface area contributed by atoms with Crippen LogP contribution < -0.4 is 10.6 Å². The van der Waals surface area contributed by atoms with Crippen molar-refractivity contribution >= 4 is 52.2 Å². The zero-order valence-corrected chi connectivity index (χ0v) is 15.2. The molecule has 132 valence electrons. The van der Waals surface area contributed by atoms with E-state index in [4.69, 9.17) is 27.9 Å². The van der Waals surface area contributed by atoms with Crippen molar-refractivity contribution in [2.45, 2.75) is 0 Å². The average molecular weight is 389 g/mol. The maximum Gasteiger partial charge on any atom is 0.337 e. The monoisotopic (exact) mass is 388 g/mol. The van der Waals surface area contributed by atoms with Gasteiger partial charge < -0.3 is 15.4 Å². The third kappa shape index (κ3) is 4.22. The number of rotatable bonds is 5. The number of anilines is 4. The highest BCUT2D eigenvalue weighted by Crippen LogP contribution is 2.28. The molecule has 3 aromatic rings. The van der Waals surface area contributed by atoms with E-state index in [0.717, 1.165) is 5.69 Å². The number of para-hydroxylation sites is 1. The molecule has 0 amide bonds. The number of esters is 1. The fraction of sp³-hybridized carbons (Fsp3) is 0.0556. The predicted molar refractivity (Wildman–Crippen MR) is 103 cm³/mol. The number of carbonyl (C=O) groups excluding carboxylic acids is 1. The Morgan fingerprint density at radius 3 is 2.27 bits per heavy atom. The highest BCUT2D eigenvalue weighted by molar-refractivity contribution is 6.33. The molecule has 0 saturated carbocycles. The molecule has 0 radical (unpaired) electrons. The first-order valence-electron chi connectivity index (χ1n) is 7.55. The lowest BCUT2D eigenvalue weighted by molar-refractivity contribution is 0.0601. The molecular weight excluding hydrogens is 375 g/mol.